The Morgan fingerprint density at radius 3 is 2.46 bits per heavy atom. The lowest BCUT2D eigenvalue weighted by atomic mass is 9.91. The molecule has 0 radical (unpaired) electrons. The van der Waals surface area contributed by atoms with Crippen molar-refractivity contribution < 1.29 is 9.59 Å². The maximum absolute atomic E-state index is 13.1. The summed E-state index contributed by atoms with van der Waals surface area (Å²) < 4.78 is 0. The van der Waals surface area contributed by atoms with E-state index >= 15 is 0 Å². The minimum Gasteiger partial charge on any atom is -0.350 e. The number of hydrogen-bond donors (Lipinski definition) is 1. The van der Waals surface area contributed by atoms with Gasteiger partial charge < -0.3 is 10.2 Å². The molecule has 0 saturated heterocycles. The number of nitrogens with one attached hydrogen (secondary N) is 1. The van der Waals surface area contributed by atoms with Crippen molar-refractivity contribution in [3.05, 3.63) is 71.3 Å². The first-order valence-corrected chi connectivity index (χ1v) is 9.46. The standard InChI is InChI=1S/C22H24N2O2/c25-21(23-15-16-8-2-1-3-9-16)20-14-17-10-4-7-13-19(17)22(26)24(20)18-11-5-6-12-18/h1-4,7-10,13,18,20H,5-6,11-12,14-15H2,(H,23,25). The minimum atomic E-state index is -0.413. The molecule has 26 heavy (non-hydrogen) atoms. The van der Waals surface area contributed by atoms with Crippen LogP contribution in [0.4, 0.5) is 0 Å². The molecule has 0 spiro atoms. The van der Waals surface area contributed by atoms with Gasteiger partial charge in [-0.15, -0.1) is 0 Å². The molecule has 1 heterocycles. The van der Waals surface area contributed by atoms with E-state index in [-0.39, 0.29) is 17.9 Å². The summed E-state index contributed by atoms with van der Waals surface area (Å²) in [6.45, 7) is 0.491. The molecule has 2 amide bonds. The Bertz CT molecular complexity index is 797. The van der Waals surface area contributed by atoms with Crippen LogP contribution >= 0.6 is 0 Å². The molecule has 2 aromatic rings. The highest BCUT2D eigenvalue weighted by Crippen LogP contribution is 2.32. The van der Waals surface area contributed by atoms with Crippen molar-refractivity contribution >= 4 is 11.8 Å². The lowest BCUT2D eigenvalue weighted by molar-refractivity contribution is -0.126. The van der Waals surface area contributed by atoms with Crippen LogP contribution in [0.25, 0.3) is 0 Å². The number of carbonyl (C=O) groups excluding carboxylic acids is 2. The molecular weight excluding hydrogens is 324 g/mol. The second-order valence-corrected chi connectivity index (χ2v) is 7.23. The van der Waals surface area contributed by atoms with Crippen LogP contribution in [0.1, 0.15) is 47.2 Å². The zero-order valence-corrected chi connectivity index (χ0v) is 14.9. The van der Waals surface area contributed by atoms with Crippen molar-refractivity contribution in [1.82, 2.24) is 10.2 Å². The topological polar surface area (TPSA) is 49.4 Å². The van der Waals surface area contributed by atoms with E-state index < -0.39 is 6.04 Å². The molecule has 2 aliphatic rings. The molecule has 134 valence electrons. The van der Waals surface area contributed by atoms with Crippen molar-refractivity contribution in [2.45, 2.75) is 50.7 Å². The highest BCUT2D eigenvalue weighted by Gasteiger charge is 2.40. The van der Waals surface area contributed by atoms with E-state index in [2.05, 4.69) is 5.32 Å². The van der Waals surface area contributed by atoms with Gasteiger partial charge in [0, 0.05) is 24.6 Å². The van der Waals surface area contributed by atoms with Crippen LogP contribution in [-0.2, 0) is 17.8 Å². The Labute approximate surface area is 154 Å². The van der Waals surface area contributed by atoms with E-state index in [0.29, 0.717) is 13.0 Å². The Hall–Kier alpha value is -2.62. The van der Waals surface area contributed by atoms with Crippen LogP contribution in [0.5, 0.6) is 0 Å². The largest absolute Gasteiger partial charge is 0.350 e. The average Bonchev–Trinajstić information content (AvgIpc) is 3.21. The number of hydrogen-bond acceptors (Lipinski definition) is 2. The first kappa shape index (κ1) is 16.8. The third kappa shape index (κ3) is 3.24. The van der Waals surface area contributed by atoms with Crippen molar-refractivity contribution in [3.8, 4) is 0 Å². The SMILES string of the molecule is O=C(NCc1ccccc1)C1Cc2ccccc2C(=O)N1C1CCCC1. The number of rotatable bonds is 4. The van der Waals surface area contributed by atoms with Crippen LogP contribution in [0.15, 0.2) is 54.6 Å². The van der Waals surface area contributed by atoms with Crippen molar-refractivity contribution in [2.24, 2.45) is 0 Å². The van der Waals surface area contributed by atoms with E-state index in [1.165, 1.54) is 0 Å². The number of nitrogens with zero attached hydrogens (tertiary/aromatic N) is 1. The van der Waals surface area contributed by atoms with E-state index in [0.717, 1.165) is 42.4 Å². The van der Waals surface area contributed by atoms with Crippen molar-refractivity contribution in [1.29, 1.82) is 0 Å². The quantitative estimate of drug-likeness (QED) is 0.921. The maximum Gasteiger partial charge on any atom is 0.255 e. The maximum atomic E-state index is 13.1. The molecule has 1 unspecified atom stereocenters. The van der Waals surface area contributed by atoms with Crippen LogP contribution < -0.4 is 5.32 Å². The monoisotopic (exact) mass is 348 g/mol. The fraction of sp³-hybridized carbons (Fsp3) is 0.364. The molecule has 2 aromatic carbocycles. The van der Waals surface area contributed by atoms with Gasteiger partial charge in [0.2, 0.25) is 5.91 Å². The molecule has 1 N–H and O–H groups in total. The molecule has 1 aliphatic carbocycles. The summed E-state index contributed by atoms with van der Waals surface area (Å²) in [5.74, 6) is -0.0396. The second-order valence-electron chi connectivity index (χ2n) is 7.23. The Morgan fingerprint density at radius 1 is 1.00 bits per heavy atom. The number of benzene rings is 2. The van der Waals surface area contributed by atoms with Crippen LogP contribution in [0, 0.1) is 0 Å². The predicted molar refractivity (Wildman–Crippen MR) is 101 cm³/mol. The first-order chi connectivity index (χ1) is 12.7. The molecule has 0 bridgehead atoms. The molecule has 4 rings (SSSR count). The summed E-state index contributed by atoms with van der Waals surface area (Å²) in [6, 6.07) is 17.4. The molecular formula is C22H24N2O2. The Kier molecular flexibility index (Phi) is 4.74. The van der Waals surface area contributed by atoms with Gasteiger partial charge in [0.15, 0.2) is 0 Å². The van der Waals surface area contributed by atoms with Gasteiger partial charge in [-0.2, -0.15) is 0 Å². The van der Waals surface area contributed by atoms with Gasteiger partial charge >= 0.3 is 0 Å². The molecule has 4 nitrogen and oxygen atoms in total. The number of fused-ring (bicyclic) bond motifs is 1. The highest BCUT2D eigenvalue weighted by atomic mass is 16.2. The number of carbonyl (C=O) groups is 2. The van der Waals surface area contributed by atoms with Crippen LogP contribution in [-0.4, -0.2) is 28.8 Å². The van der Waals surface area contributed by atoms with E-state index in [1.807, 2.05) is 59.5 Å². The lowest BCUT2D eigenvalue weighted by Gasteiger charge is -2.39. The fourth-order valence-electron chi connectivity index (χ4n) is 4.22. The van der Waals surface area contributed by atoms with Gasteiger partial charge in [0.1, 0.15) is 6.04 Å². The van der Waals surface area contributed by atoms with Crippen LogP contribution in [0.2, 0.25) is 0 Å². The minimum absolute atomic E-state index is 0.0126. The number of amides is 2. The Morgan fingerprint density at radius 2 is 1.69 bits per heavy atom. The summed E-state index contributed by atoms with van der Waals surface area (Å²) in [6.07, 6.45) is 4.86. The van der Waals surface area contributed by atoms with Gasteiger partial charge in [0.05, 0.1) is 0 Å². The molecule has 0 aromatic heterocycles. The van der Waals surface area contributed by atoms with E-state index in [9.17, 15) is 9.59 Å². The van der Waals surface area contributed by atoms with Gasteiger partial charge in [-0.25, -0.2) is 0 Å². The van der Waals surface area contributed by atoms with Crippen LogP contribution in [0.3, 0.4) is 0 Å². The predicted octanol–water partition coefficient (Wildman–Crippen LogP) is 3.31. The smallest absolute Gasteiger partial charge is 0.255 e. The average molecular weight is 348 g/mol. The lowest BCUT2D eigenvalue weighted by Crippen LogP contribution is -2.56. The Balaban J connectivity index is 1.57. The normalized spacial score (nSPS) is 20.1. The zero-order chi connectivity index (χ0) is 17.9. The van der Waals surface area contributed by atoms with Gasteiger partial charge in [0.25, 0.3) is 5.91 Å². The molecule has 1 atom stereocenters. The summed E-state index contributed by atoms with van der Waals surface area (Å²) >= 11 is 0. The summed E-state index contributed by atoms with van der Waals surface area (Å²) in [7, 11) is 0. The first-order valence-electron chi connectivity index (χ1n) is 9.46. The summed E-state index contributed by atoms with van der Waals surface area (Å²) in [4.78, 5) is 28.0. The van der Waals surface area contributed by atoms with Crippen molar-refractivity contribution in [2.75, 3.05) is 0 Å². The zero-order valence-electron chi connectivity index (χ0n) is 14.9. The molecule has 1 saturated carbocycles. The third-order valence-electron chi connectivity index (χ3n) is 5.56. The highest BCUT2D eigenvalue weighted by molar-refractivity contribution is 6.01. The van der Waals surface area contributed by atoms with Gasteiger partial charge in [-0.3, -0.25) is 9.59 Å². The fourth-order valence-corrected chi connectivity index (χ4v) is 4.22. The molecule has 4 heteroatoms. The van der Waals surface area contributed by atoms with Gasteiger partial charge in [-0.05, 0) is 30.0 Å². The van der Waals surface area contributed by atoms with E-state index in [1.54, 1.807) is 0 Å². The van der Waals surface area contributed by atoms with Crippen molar-refractivity contribution in [3.63, 3.8) is 0 Å². The third-order valence-corrected chi connectivity index (χ3v) is 5.56. The summed E-state index contributed by atoms with van der Waals surface area (Å²) in [5.41, 5.74) is 2.80. The molecule has 1 aliphatic heterocycles. The second kappa shape index (κ2) is 7.32. The van der Waals surface area contributed by atoms with Gasteiger partial charge in [-0.1, -0.05) is 61.4 Å². The van der Waals surface area contributed by atoms with E-state index in [4.69, 9.17) is 0 Å². The molecule has 1 fully saturated rings. The summed E-state index contributed by atoms with van der Waals surface area (Å²) in [5, 5.41) is 3.04.